The van der Waals surface area contributed by atoms with E-state index in [2.05, 4.69) is 28.2 Å². The van der Waals surface area contributed by atoms with Crippen LogP contribution in [0.15, 0.2) is 53.9 Å². The van der Waals surface area contributed by atoms with Crippen molar-refractivity contribution in [2.45, 2.75) is 19.5 Å². The minimum Gasteiger partial charge on any atom is -0.497 e. The highest BCUT2D eigenvalue weighted by Crippen LogP contribution is 2.31. The number of ether oxygens (including phenoxy) is 3. The van der Waals surface area contributed by atoms with Crippen LogP contribution in [0.1, 0.15) is 34.6 Å². The van der Waals surface area contributed by atoms with Gasteiger partial charge in [-0.15, -0.1) is 11.3 Å². The van der Waals surface area contributed by atoms with Gasteiger partial charge in [0.1, 0.15) is 5.75 Å². The number of hydrogen-bond acceptors (Lipinski definition) is 8. The predicted molar refractivity (Wildman–Crippen MR) is 146 cm³/mol. The second kappa shape index (κ2) is 12.0. The summed E-state index contributed by atoms with van der Waals surface area (Å²) in [5.74, 6) is 0.692. The van der Waals surface area contributed by atoms with Crippen molar-refractivity contribution in [3.05, 3.63) is 70.7 Å². The Morgan fingerprint density at radius 3 is 2.54 bits per heavy atom. The van der Waals surface area contributed by atoms with Crippen LogP contribution in [0, 0.1) is 0 Å². The molecular weight excluding hydrogens is 488 g/mol. The minimum absolute atomic E-state index is 0.0714. The molecule has 2 fully saturated rings. The second-order valence-corrected chi connectivity index (χ2v) is 10.1. The standard InChI is InChI=1S/C28H34N4O4S/c1-21(30-9-13-35-14-10-30)26-20-37-28(29-26)32(19-22-5-3-8-25(17-22)34-2)27(33)23-6-4-7-24(18-23)31-11-15-36-16-12-31/h3-8,17-18,20-21H,9-16,19H2,1-2H3. The van der Waals surface area contributed by atoms with E-state index in [1.54, 1.807) is 12.0 Å². The molecule has 3 heterocycles. The summed E-state index contributed by atoms with van der Waals surface area (Å²) in [6.45, 7) is 8.85. The number of methoxy groups -OCH3 is 1. The summed E-state index contributed by atoms with van der Waals surface area (Å²) in [4.78, 5) is 25.4. The molecule has 0 bridgehead atoms. The first-order valence-corrected chi connectivity index (χ1v) is 13.6. The SMILES string of the molecule is COc1cccc(CN(C(=O)c2cccc(N3CCOCC3)c2)c2nc(C(C)N3CCOCC3)cs2)c1. The van der Waals surface area contributed by atoms with E-state index in [0.717, 1.165) is 62.1 Å². The Kier molecular flexibility index (Phi) is 8.35. The zero-order valence-corrected chi connectivity index (χ0v) is 22.3. The van der Waals surface area contributed by atoms with Gasteiger partial charge < -0.3 is 19.1 Å². The number of amides is 1. The van der Waals surface area contributed by atoms with Crippen molar-refractivity contribution in [1.29, 1.82) is 0 Å². The zero-order valence-electron chi connectivity index (χ0n) is 21.5. The van der Waals surface area contributed by atoms with E-state index in [1.165, 1.54) is 11.3 Å². The molecule has 0 radical (unpaired) electrons. The van der Waals surface area contributed by atoms with Crippen molar-refractivity contribution < 1.29 is 19.0 Å². The molecule has 1 amide bonds. The molecule has 37 heavy (non-hydrogen) atoms. The molecule has 8 nitrogen and oxygen atoms in total. The summed E-state index contributed by atoms with van der Waals surface area (Å²) in [6, 6.07) is 15.9. The molecule has 2 aromatic carbocycles. The molecule has 3 aromatic rings. The van der Waals surface area contributed by atoms with Crippen molar-refractivity contribution >= 4 is 28.1 Å². The van der Waals surface area contributed by atoms with Gasteiger partial charge in [0.2, 0.25) is 0 Å². The third-order valence-corrected chi connectivity index (χ3v) is 7.83. The molecule has 1 unspecified atom stereocenters. The van der Waals surface area contributed by atoms with E-state index < -0.39 is 0 Å². The molecule has 1 atom stereocenters. The van der Waals surface area contributed by atoms with E-state index in [-0.39, 0.29) is 11.9 Å². The van der Waals surface area contributed by atoms with E-state index in [0.29, 0.717) is 30.5 Å². The van der Waals surface area contributed by atoms with Gasteiger partial charge in [0.15, 0.2) is 5.13 Å². The van der Waals surface area contributed by atoms with Gasteiger partial charge in [-0.25, -0.2) is 4.98 Å². The van der Waals surface area contributed by atoms with E-state index in [9.17, 15) is 4.79 Å². The van der Waals surface area contributed by atoms with E-state index >= 15 is 0 Å². The maximum absolute atomic E-state index is 14.0. The van der Waals surface area contributed by atoms with Gasteiger partial charge in [-0.05, 0) is 42.8 Å². The topological polar surface area (TPSA) is 67.4 Å². The van der Waals surface area contributed by atoms with E-state index in [4.69, 9.17) is 19.2 Å². The minimum atomic E-state index is -0.0714. The highest BCUT2D eigenvalue weighted by molar-refractivity contribution is 7.14. The van der Waals surface area contributed by atoms with Crippen LogP contribution in [-0.4, -0.2) is 75.5 Å². The average molecular weight is 523 g/mol. The number of benzene rings is 2. The average Bonchev–Trinajstić information content (AvgIpc) is 3.46. The normalized spacial score (nSPS) is 17.4. The summed E-state index contributed by atoms with van der Waals surface area (Å²) in [7, 11) is 1.65. The highest BCUT2D eigenvalue weighted by Gasteiger charge is 2.26. The summed E-state index contributed by atoms with van der Waals surface area (Å²) < 4.78 is 16.4. The Hall–Kier alpha value is -2.98. The number of aromatic nitrogens is 1. The highest BCUT2D eigenvalue weighted by atomic mass is 32.1. The lowest BCUT2D eigenvalue weighted by Gasteiger charge is -2.31. The lowest BCUT2D eigenvalue weighted by Crippen LogP contribution is -2.38. The molecule has 1 aromatic heterocycles. The molecule has 0 saturated carbocycles. The van der Waals surface area contributed by atoms with Gasteiger partial charge in [-0.2, -0.15) is 0 Å². The molecule has 2 aliphatic rings. The molecule has 0 N–H and O–H groups in total. The third-order valence-electron chi connectivity index (χ3n) is 6.95. The summed E-state index contributed by atoms with van der Waals surface area (Å²) in [6.07, 6.45) is 0. The van der Waals surface area contributed by atoms with Gasteiger partial charge in [0.25, 0.3) is 5.91 Å². The maximum Gasteiger partial charge on any atom is 0.260 e. The Bertz CT molecular complexity index is 1190. The molecular formula is C28H34N4O4S. The molecule has 196 valence electrons. The van der Waals surface area contributed by atoms with Crippen LogP contribution in [0.5, 0.6) is 5.75 Å². The van der Waals surface area contributed by atoms with Gasteiger partial charge in [0.05, 0.1) is 51.8 Å². The van der Waals surface area contributed by atoms with Gasteiger partial charge in [0, 0.05) is 42.8 Å². The number of carbonyl (C=O) groups is 1. The zero-order chi connectivity index (χ0) is 25.6. The van der Waals surface area contributed by atoms with Gasteiger partial charge in [-0.1, -0.05) is 18.2 Å². The maximum atomic E-state index is 14.0. The van der Waals surface area contributed by atoms with E-state index in [1.807, 2.05) is 42.5 Å². The number of thiazole rings is 1. The van der Waals surface area contributed by atoms with Crippen LogP contribution in [0.3, 0.4) is 0 Å². The fourth-order valence-electron chi connectivity index (χ4n) is 4.74. The summed E-state index contributed by atoms with van der Waals surface area (Å²) >= 11 is 1.51. The second-order valence-electron chi connectivity index (χ2n) is 9.27. The lowest BCUT2D eigenvalue weighted by molar-refractivity contribution is 0.0192. The molecule has 9 heteroatoms. The fraction of sp³-hybridized carbons (Fsp3) is 0.429. The monoisotopic (exact) mass is 522 g/mol. The first-order chi connectivity index (χ1) is 18.1. The van der Waals surface area contributed by atoms with Crippen LogP contribution in [0.2, 0.25) is 0 Å². The number of anilines is 2. The van der Waals surface area contributed by atoms with Crippen LogP contribution in [0.4, 0.5) is 10.8 Å². The number of morpholine rings is 2. The quantitative estimate of drug-likeness (QED) is 0.439. The van der Waals surface area contributed by atoms with Crippen molar-refractivity contribution in [2.75, 3.05) is 69.5 Å². The number of carbonyl (C=O) groups excluding carboxylic acids is 1. The lowest BCUT2D eigenvalue weighted by atomic mass is 10.1. The first kappa shape index (κ1) is 25.7. The van der Waals surface area contributed by atoms with Gasteiger partial charge in [-0.3, -0.25) is 14.6 Å². The Labute approximate surface area is 222 Å². The Balaban J connectivity index is 1.44. The van der Waals surface area contributed by atoms with Crippen molar-refractivity contribution in [1.82, 2.24) is 9.88 Å². The number of nitrogens with zero attached hydrogens (tertiary/aromatic N) is 4. The molecule has 0 spiro atoms. The number of rotatable bonds is 8. The van der Waals surface area contributed by atoms with Crippen molar-refractivity contribution in [3.8, 4) is 5.75 Å². The first-order valence-electron chi connectivity index (χ1n) is 12.8. The fourth-order valence-corrected chi connectivity index (χ4v) is 5.65. The molecule has 2 saturated heterocycles. The summed E-state index contributed by atoms with van der Waals surface area (Å²) in [5.41, 5.74) is 3.64. The smallest absolute Gasteiger partial charge is 0.260 e. The largest absolute Gasteiger partial charge is 0.497 e. The van der Waals surface area contributed by atoms with Crippen LogP contribution in [-0.2, 0) is 16.0 Å². The Morgan fingerprint density at radius 1 is 1.05 bits per heavy atom. The van der Waals surface area contributed by atoms with Crippen molar-refractivity contribution in [3.63, 3.8) is 0 Å². The molecule has 5 rings (SSSR count). The van der Waals surface area contributed by atoms with Crippen LogP contribution in [0.25, 0.3) is 0 Å². The van der Waals surface area contributed by atoms with Gasteiger partial charge >= 0.3 is 0 Å². The predicted octanol–water partition coefficient (Wildman–Crippen LogP) is 4.23. The van der Waals surface area contributed by atoms with Crippen molar-refractivity contribution in [2.24, 2.45) is 0 Å². The molecule has 2 aliphatic heterocycles. The van der Waals surface area contributed by atoms with Crippen LogP contribution >= 0.6 is 11.3 Å². The molecule has 0 aliphatic carbocycles. The third kappa shape index (κ3) is 6.13. The summed E-state index contributed by atoms with van der Waals surface area (Å²) in [5, 5.41) is 2.77. The Morgan fingerprint density at radius 2 is 1.78 bits per heavy atom. The number of hydrogen-bond donors (Lipinski definition) is 0. The van der Waals surface area contributed by atoms with Crippen LogP contribution < -0.4 is 14.5 Å².